The minimum absolute atomic E-state index is 0.293. The van der Waals surface area contributed by atoms with Crippen molar-refractivity contribution in [1.82, 2.24) is 10.7 Å². The average Bonchev–Trinajstić information content (AvgIpc) is 3.05. The molecule has 0 unspecified atom stereocenters. The normalized spacial score (nSPS) is 19.3. The van der Waals surface area contributed by atoms with E-state index in [1.807, 2.05) is 49.5 Å². The first-order valence-electron chi connectivity index (χ1n) is 9.73. The molecule has 5 nitrogen and oxygen atoms in total. The second-order valence-electron chi connectivity index (χ2n) is 7.38. The predicted molar refractivity (Wildman–Crippen MR) is 122 cm³/mol. The van der Waals surface area contributed by atoms with Gasteiger partial charge in [0.15, 0.2) is 6.04 Å². The number of rotatable bonds is 4. The summed E-state index contributed by atoms with van der Waals surface area (Å²) in [6.45, 7) is 2.00. The minimum atomic E-state index is -0.783. The topological polar surface area (TPSA) is 61.2 Å². The summed E-state index contributed by atoms with van der Waals surface area (Å²) in [6.07, 6.45) is 1.83. The van der Waals surface area contributed by atoms with Crippen LogP contribution in [0.1, 0.15) is 33.1 Å². The van der Waals surface area contributed by atoms with Gasteiger partial charge in [-0.3, -0.25) is 9.59 Å². The van der Waals surface area contributed by atoms with Gasteiger partial charge in [-0.15, -0.1) is 10.1 Å². The average molecular weight is 453 g/mol. The van der Waals surface area contributed by atoms with Gasteiger partial charge in [0.1, 0.15) is 0 Å². The van der Waals surface area contributed by atoms with Gasteiger partial charge in [0, 0.05) is 26.7 Å². The number of amides is 2. The van der Waals surface area contributed by atoms with E-state index in [4.69, 9.17) is 23.2 Å². The molecule has 7 heteroatoms. The molecule has 0 aromatic heterocycles. The van der Waals surface area contributed by atoms with Gasteiger partial charge in [-0.25, -0.2) is 0 Å². The number of hydrazone groups is 1. The molecule has 1 saturated heterocycles. The quantitative estimate of drug-likeness (QED) is 0.579. The Balaban J connectivity index is 1.69. The van der Waals surface area contributed by atoms with E-state index < -0.39 is 12.1 Å². The second kappa shape index (κ2) is 8.92. The molecule has 1 heterocycles. The fourth-order valence-corrected chi connectivity index (χ4v) is 3.73. The molecule has 0 saturated carbocycles. The first-order valence-corrected chi connectivity index (χ1v) is 10.5. The van der Waals surface area contributed by atoms with E-state index >= 15 is 0 Å². The van der Waals surface area contributed by atoms with Crippen LogP contribution in [-0.2, 0) is 4.79 Å². The third kappa shape index (κ3) is 4.79. The Morgan fingerprint density at radius 2 is 1.52 bits per heavy atom. The number of benzene rings is 3. The Kier molecular flexibility index (Phi) is 6.07. The maximum atomic E-state index is 12.9. The van der Waals surface area contributed by atoms with Crippen molar-refractivity contribution in [3.8, 4) is 0 Å². The van der Waals surface area contributed by atoms with Crippen LogP contribution in [0.2, 0.25) is 10.0 Å². The standard InChI is InChI=1S/C24H19Cl2N3O2/c1-15-2-6-17(7-3-15)22-21(27-23(30)18-8-12-20(26)13-9-18)24(31)28-29(22)14-16-4-10-19(25)11-5-16/h2-14,21-22H,1H3,(H-,27,28,30,31)/p+1/b29-14-/t21-,22+/m1/s1. The number of hydrogen-bond donors (Lipinski definition) is 2. The van der Waals surface area contributed by atoms with Crippen LogP contribution in [0.3, 0.4) is 0 Å². The van der Waals surface area contributed by atoms with Crippen LogP contribution >= 0.6 is 23.2 Å². The van der Waals surface area contributed by atoms with Crippen LogP contribution in [0.5, 0.6) is 0 Å². The van der Waals surface area contributed by atoms with Gasteiger partial charge < -0.3 is 5.32 Å². The fourth-order valence-electron chi connectivity index (χ4n) is 3.48. The first-order chi connectivity index (χ1) is 14.9. The van der Waals surface area contributed by atoms with E-state index in [1.54, 1.807) is 41.1 Å². The lowest BCUT2D eigenvalue weighted by Gasteiger charge is -2.15. The van der Waals surface area contributed by atoms with Gasteiger partial charge in [-0.05, 0) is 55.5 Å². The van der Waals surface area contributed by atoms with Crippen LogP contribution in [0.25, 0.3) is 0 Å². The van der Waals surface area contributed by atoms with E-state index in [0.29, 0.717) is 15.6 Å². The Hall–Kier alpha value is -3.15. The third-order valence-electron chi connectivity index (χ3n) is 5.11. The molecule has 31 heavy (non-hydrogen) atoms. The van der Waals surface area contributed by atoms with Gasteiger partial charge in [0.25, 0.3) is 5.91 Å². The van der Waals surface area contributed by atoms with Gasteiger partial charge in [-0.1, -0.05) is 53.0 Å². The van der Waals surface area contributed by atoms with Crippen LogP contribution < -0.4 is 10.7 Å². The van der Waals surface area contributed by atoms with E-state index in [2.05, 4.69) is 10.7 Å². The van der Waals surface area contributed by atoms with Crippen LogP contribution in [-0.4, -0.2) is 28.8 Å². The maximum Gasteiger partial charge on any atom is 0.304 e. The largest absolute Gasteiger partial charge is 0.334 e. The smallest absolute Gasteiger partial charge is 0.304 e. The van der Waals surface area contributed by atoms with E-state index in [-0.39, 0.29) is 11.8 Å². The van der Waals surface area contributed by atoms with Crippen molar-refractivity contribution in [2.45, 2.75) is 19.0 Å². The molecule has 3 aromatic rings. The predicted octanol–water partition coefficient (Wildman–Crippen LogP) is 4.32. The zero-order valence-corrected chi connectivity index (χ0v) is 18.2. The molecule has 1 fully saturated rings. The van der Waals surface area contributed by atoms with Crippen molar-refractivity contribution >= 4 is 41.2 Å². The monoisotopic (exact) mass is 452 g/mol. The van der Waals surface area contributed by atoms with E-state index in [0.717, 1.165) is 16.7 Å². The second-order valence-corrected chi connectivity index (χ2v) is 8.25. The number of carbonyl (C=O) groups excluding carboxylic acids is 2. The Bertz CT molecular complexity index is 1140. The molecule has 156 valence electrons. The fraction of sp³-hybridized carbons (Fsp3) is 0.125. The zero-order valence-electron chi connectivity index (χ0n) is 16.7. The lowest BCUT2D eigenvalue weighted by atomic mass is 9.98. The SMILES string of the molecule is Cc1ccc([C@H]2[C@@H](NC(=O)c3ccc(Cl)cc3)C(=O)N/[N+]2=C\c2ccc(Cl)cc2)cc1. The van der Waals surface area contributed by atoms with Crippen molar-refractivity contribution in [2.75, 3.05) is 0 Å². The summed E-state index contributed by atoms with van der Waals surface area (Å²) in [5, 5.41) is 4.04. The van der Waals surface area contributed by atoms with Gasteiger partial charge >= 0.3 is 5.91 Å². The van der Waals surface area contributed by atoms with E-state index in [9.17, 15) is 9.59 Å². The highest BCUT2D eigenvalue weighted by Gasteiger charge is 2.47. The molecule has 0 bridgehead atoms. The summed E-state index contributed by atoms with van der Waals surface area (Å²) in [5.41, 5.74) is 6.17. The summed E-state index contributed by atoms with van der Waals surface area (Å²) in [4.78, 5) is 25.7. The van der Waals surface area contributed by atoms with Crippen LogP contribution in [0.4, 0.5) is 0 Å². The van der Waals surface area contributed by atoms with Crippen LogP contribution in [0.15, 0.2) is 72.8 Å². The Morgan fingerprint density at radius 3 is 2.13 bits per heavy atom. The van der Waals surface area contributed by atoms with Gasteiger partial charge in [0.05, 0.1) is 0 Å². The van der Waals surface area contributed by atoms with Gasteiger partial charge in [-0.2, -0.15) is 0 Å². The molecule has 1 aliphatic heterocycles. The number of aryl methyl sites for hydroxylation is 1. The molecular weight excluding hydrogens is 433 g/mol. The van der Waals surface area contributed by atoms with Crippen molar-refractivity contribution in [3.63, 3.8) is 0 Å². The number of halogens is 2. The molecule has 0 radical (unpaired) electrons. The summed E-state index contributed by atoms with van der Waals surface area (Å²) >= 11 is 11.9. The van der Waals surface area contributed by atoms with Crippen LogP contribution in [0, 0.1) is 6.92 Å². The lowest BCUT2D eigenvalue weighted by molar-refractivity contribution is -0.596. The molecule has 3 aromatic carbocycles. The Labute approximate surface area is 190 Å². The van der Waals surface area contributed by atoms with Crippen molar-refractivity contribution in [1.29, 1.82) is 0 Å². The number of hydrogen-bond acceptors (Lipinski definition) is 2. The first kappa shape index (κ1) is 21.1. The summed E-state index contributed by atoms with van der Waals surface area (Å²) in [7, 11) is 0. The van der Waals surface area contributed by atoms with Crippen molar-refractivity contribution in [3.05, 3.63) is 105 Å². The van der Waals surface area contributed by atoms with Crippen molar-refractivity contribution < 1.29 is 14.3 Å². The molecule has 2 amide bonds. The molecule has 2 atom stereocenters. The molecular formula is C24H20Cl2N3O2+. The maximum absolute atomic E-state index is 12.9. The minimum Gasteiger partial charge on any atom is -0.334 e. The number of nitrogens with one attached hydrogen (secondary N) is 2. The highest BCUT2D eigenvalue weighted by atomic mass is 35.5. The lowest BCUT2D eigenvalue weighted by Crippen LogP contribution is -2.42. The number of carbonyl (C=O) groups is 2. The highest BCUT2D eigenvalue weighted by Crippen LogP contribution is 2.26. The molecule has 2 N–H and O–H groups in total. The molecule has 0 aliphatic carbocycles. The third-order valence-corrected chi connectivity index (χ3v) is 5.61. The number of nitrogens with zero attached hydrogens (tertiary/aromatic N) is 1. The highest BCUT2D eigenvalue weighted by molar-refractivity contribution is 6.31. The van der Waals surface area contributed by atoms with E-state index in [1.165, 1.54) is 0 Å². The molecule has 0 spiro atoms. The molecule has 4 rings (SSSR count). The number of hydrazine groups is 1. The summed E-state index contributed by atoms with van der Waals surface area (Å²) in [6, 6.07) is 20.5. The Morgan fingerprint density at radius 1 is 0.935 bits per heavy atom. The van der Waals surface area contributed by atoms with Crippen molar-refractivity contribution in [2.24, 2.45) is 0 Å². The van der Waals surface area contributed by atoms with Gasteiger partial charge in [0.2, 0.25) is 12.3 Å². The summed E-state index contributed by atoms with van der Waals surface area (Å²) in [5.74, 6) is -0.639. The molecule has 1 aliphatic rings. The zero-order chi connectivity index (χ0) is 22.0. The summed E-state index contributed by atoms with van der Waals surface area (Å²) < 4.78 is 1.73.